The summed E-state index contributed by atoms with van der Waals surface area (Å²) >= 11 is 0. The van der Waals surface area contributed by atoms with E-state index in [1.54, 1.807) is 21.0 Å². The van der Waals surface area contributed by atoms with E-state index in [2.05, 4.69) is 29.4 Å². The van der Waals surface area contributed by atoms with Crippen molar-refractivity contribution in [3.8, 4) is 5.75 Å². The van der Waals surface area contributed by atoms with Crippen LogP contribution in [0.4, 0.5) is 5.82 Å². The van der Waals surface area contributed by atoms with Crippen molar-refractivity contribution < 1.29 is 19.4 Å². The third-order valence-electron chi connectivity index (χ3n) is 6.95. The number of nitrogens with zero attached hydrogens (tertiary/aromatic N) is 2. The summed E-state index contributed by atoms with van der Waals surface area (Å²) < 4.78 is 11.0. The number of hydrogen-bond donors (Lipinski definition) is 2. The number of hydrogen-bond acceptors (Lipinski definition) is 7. The van der Waals surface area contributed by atoms with E-state index in [0.29, 0.717) is 18.9 Å². The molecule has 3 aromatic rings. The Balaban J connectivity index is 1.69. The molecule has 2 atom stereocenters. The van der Waals surface area contributed by atoms with Gasteiger partial charge in [0, 0.05) is 23.1 Å². The number of aromatic nitrogens is 2. The van der Waals surface area contributed by atoms with E-state index in [4.69, 9.17) is 14.5 Å². The number of benzene rings is 2. The second kappa shape index (κ2) is 10.9. The van der Waals surface area contributed by atoms with Gasteiger partial charge in [0.15, 0.2) is 0 Å². The van der Waals surface area contributed by atoms with E-state index in [1.165, 1.54) is 0 Å². The molecule has 196 valence electrons. The van der Waals surface area contributed by atoms with Gasteiger partial charge in [-0.25, -0.2) is 9.97 Å². The first-order valence-electron chi connectivity index (χ1n) is 12.9. The van der Waals surface area contributed by atoms with Gasteiger partial charge in [-0.3, -0.25) is 4.79 Å². The second-order valence-electron chi connectivity index (χ2n) is 10.2. The number of aliphatic hydroxyl groups is 1. The molecule has 2 N–H and O–H groups in total. The van der Waals surface area contributed by atoms with Crippen molar-refractivity contribution in [2.24, 2.45) is 5.92 Å². The largest absolute Gasteiger partial charge is 0.496 e. The first-order chi connectivity index (χ1) is 17.6. The molecule has 0 amide bonds. The van der Waals surface area contributed by atoms with Gasteiger partial charge in [-0.15, -0.1) is 0 Å². The van der Waals surface area contributed by atoms with Gasteiger partial charge in [0.2, 0.25) is 0 Å². The highest BCUT2D eigenvalue weighted by atomic mass is 16.5. The maximum absolute atomic E-state index is 12.2. The second-order valence-corrected chi connectivity index (χ2v) is 10.2. The number of carbonyl (C=O) groups excluding carboxylic acids is 1. The van der Waals surface area contributed by atoms with Gasteiger partial charge in [0.25, 0.3) is 0 Å². The summed E-state index contributed by atoms with van der Waals surface area (Å²) in [7, 11) is 1.67. The zero-order chi connectivity index (χ0) is 26.7. The van der Waals surface area contributed by atoms with Crippen LogP contribution in [0.1, 0.15) is 75.5 Å². The molecule has 1 aliphatic carbocycles. The van der Waals surface area contributed by atoms with Gasteiger partial charge in [-0.2, -0.15) is 0 Å². The molecular formula is C30H37N3O4. The third kappa shape index (κ3) is 5.93. The Hall–Kier alpha value is -3.45. The average molecular weight is 504 g/mol. The number of allylic oxidation sites excluding steroid dienone is 2. The lowest BCUT2D eigenvalue weighted by Gasteiger charge is -2.23. The number of ether oxygens (including phenoxy) is 2. The molecule has 1 aromatic heterocycles. The number of methoxy groups -OCH3 is 1. The minimum atomic E-state index is -0.917. The van der Waals surface area contributed by atoms with Crippen LogP contribution in [0.2, 0.25) is 0 Å². The van der Waals surface area contributed by atoms with Gasteiger partial charge in [0.1, 0.15) is 17.4 Å². The molecule has 0 aliphatic heterocycles. The van der Waals surface area contributed by atoms with Crippen LogP contribution in [0.3, 0.4) is 0 Å². The average Bonchev–Trinajstić information content (AvgIpc) is 2.87. The number of rotatable bonds is 8. The molecule has 0 spiro atoms. The Labute approximate surface area is 218 Å². The molecule has 0 saturated heterocycles. The molecule has 1 unspecified atom stereocenters. The number of anilines is 1. The summed E-state index contributed by atoms with van der Waals surface area (Å²) in [5.41, 5.74) is 3.94. The first kappa shape index (κ1) is 26.6. The van der Waals surface area contributed by atoms with Crippen LogP contribution in [0.25, 0.3) is 16.5 Å². The summed E-state index contributed by atoms with van der Waals surface area (Å²) in [4.78, 5) is 21.6. The van der Waals surface area contributed by atoms with Crippen LogP contribution < -0.4 is 10.1 Å². The normalized spacial score (nSPS) is 16.7. The molecule has 0 radical (unpaired) electrons. The molecule has 37 heavy (non-hydrogen) atoms. The Morgan fingerprint density at radius 2 is 2.03 bits per heavy atom. The van der Waals surface area contributed by atoms with Crippen LogP contribution in [0.15, 0.2) is 42.5 Å². The third-order valence-corrected chi connectivity index (χ3v) is 6.95. The Morgan fingerprint density at radius 1 is 1.24 bits per heavy atom. The van der Waals surface area contributed by atoms with Gasteiger partial charge in [-0.1, -0.05) is 30.3 Å². The maximum Gasteiger partial charge on any atom is 0.309 e. The standard InChI is InChI=1S/C30H37N3O4/c1-7-37-29(34)21-13-11-20(12-14-21)24-16-25-26(17-27(24)36-6)32-19(3)33-28(25)31-18(2)22-9-8-10-23(15-22)30(4,5)35/h8-11,15-18,21,35H,7,12-14H2,1-6H3,(H,31,32,33)/t18-,21?/m1/s1. The van der Waals surface area contributed by atoms with Crippen LogP contribution in [-0.4, -0.2) is 34.8 Å². The number of fused-ring (bicyclic) bond motifs is 1. The summed E-state index contributed by atoms with van der Waals surface area (Å²) in [6.45, 7) is 9.77. The highest BCUT2D eigenvalue weighted by molar-refractivity contribution is 5.94. The fourth-order valence-electron chi connectivity index (χ4n) is 4.83. The number of esters is 1. The molecule has 0 saturated carbocycles. The topological polar surface area (TPSA) is 93.6 Å². The summed E-state index contributed by atoms with van der Waals surface area (Å²) in [6.07, 6.45) is 4.29. The zero-order valence-corrected chi connectivity index (χ0v) is 22.6. The van der Waals surface area contributed by atoms with E-state index >= 15 is 0 Å². The van der Waals surface area contributed by atoms with Gasteiger partial charge in [-0.05, 0) is 76.6 Å². The van der Waals surface area contributed by atoms with Crippen LogP contribution in [-0.2, 0) is 15.1 Å². The number of nitrogens with one attached hydrogen (secondary N) is 1. The quantitative estimate of drug-likeness (QED) is 0.359. The van der Waals surface area contributed by atoms with Crippen molar-refractivity contribution in [1.29, 1.82) is 0 Å². The minimum Gasteiger partial charge on any atom is -0.496 e. The molecule has 0 fully saturated rings. The Morgan fingerprint density at radius 3 is 2.68 bits per heavy atom. The smallest absolute Gasteiger partial charge is 0.309 e. The highest BCUT2D eigenvalue weighted by Crippen LogP contribution is 2.39. The fraction of sp³-hybridized carbons (Fsp3) is 0.433. The lowest BCUT2D eigenvalue weighted by Crippen LogP contribution is -2.19. The molecule has 7 nitrogen and oxygen atoms in total. The monoisotopic (exact) mass is 503 g/mol. The van der Waals surface area contributed by atoms with Crippen molar-refractivity contribution in [2.75, 3.05) is 19.0 Å². The van der Waals surface area contributed by atoms with E-state index in [0.717, 1.165) is 57.6 Å². The molecule has 2 aromatic carbocycles. The van der Waals surface area contributed by atoms with Crippen molar-refractivity contribution in [3.63, 3.8) is 0 Å². The van der Waals surface area contributed by atoms with Crippen LogP contribution in [0, 0.1) is 12.8 Å². The Bertz CT molecular complexity index is 1330. The van der Waals surface area contributed by atoms with Gasteiger partial charge < -0.3 is 19.9 Å². The first-order valence-corrected chi connectivity index (χ1v) is 12.9. The van der Waals surface area contributed by atoms with E-state index < -0.39 is 5.60 Å². The lowest BCUT2D eigenvalue weighted by atomic mass is 9.86. The van der Waals surface area contributed by atoms with E-state index in [-0.39, 0.29) is 17.9 Å². The molecule has 1 heterocycles. The fourth-order valence-corrected chi connectivity index (χ4v) is 4.83. The lowest BCUT2D eigenvalue weighted by molar-refractivity contribution is -0.148. The molecule has 7 heteroatoms. The maximum atomic E-state index is 12.2. The van der Waals surface area contributed by atoms with Crippen LogP contribution >= 0.6 is 0 Å². The SMILES string of the molecule is CCOC(=O)C1CC=C(c2cc3c(N[C@H](C)c4cccc(C(C)(C)O)c4)nc(C)nc3cc2OC)CC1. The summed E-state index contributed by atoms with van der Waals surface area (Å²) in [5, 5.41) is 14.9. The predicted octanol–water partition coefficient (Wildman–Crippen LogP) is 6.09. The van der Waals surface area contributed by atoms with E-state index in [9.17, 15) is 9.90 Å². The van der Waals surface area contributed by atoms with Gasteiger partial charge in [0.05, 0.1) is 30.8 Å². The number of aryl methyl sites for hydroxylation is 1. The minimum absolute atomic E-state index is 0.0513. The van der Waals surface area contributed by atoms with Crippen molar-refractivity contribution >= 4 is 28.3 Å². The molecule has 0 bridgehead atoms. The number of carbonyl (C=O) groups is 1. The van der Waals surface area contributed by atoms with Crippen molar-refractivity contribution in [2.45, 2.75) is 65.5 Å². The predicted molar refractivity (Wildman–Crippen MR) is 147 cm³/mol. The highest BCUT2D eigenvalue weighted by Gasteiger charge is 2.25. The molecular weight excluding hydrogens is 466 g/mol. The van der Waals surface area contributed by atoms with E-state index in [1.807, 2.05) is 44.2 Å². The van der Waals surface area contributed by atoms with Crippen molar-refractivity contribution in [3.05, 3.63) is 65.0 Å². The van der Waals surface area contributed by atoms with Gasteiger partial charge >= 0.3 is 5.97 Å². The zero-order valence-electron chi connectivity index (χ0n) is 22.6. The van der Waals surface area contributed by atoms with Crippen LogP contribution in [0.5, 0.6) is 5.75 Å². The Kier molecular flexibility index (Phi) is 7.83. The van der Waals surface area contributed by atoms with Crippen molar-refractivity contribution in [1.82, 2.24) is 9.97 Å². The molecule has 4 rings (SSSR count). The molecule has 1 aliphatic rings. The summed E-state index contributed by atoms with van der Waals surface area (Å²) in [5.74, 6) is 1.94. The summed E-state index contributed by atoms with van der Waals surface area (Å²) in [6, 6.07) is 12.0.